The Morgan fingerprint density at radius 2 is 1.56 bits per heavy atom. The van der Waals surface area contributed by atoms with Crippen molar-refractivity contribution in [2.24, 2.45) is 4.99 Å². The molecule has 0 aliphatic carbocycles. The lowest BCUT2D eigenvalue weighted by molar-refractivity contribution is 0.0566. The van der Waals surface area contributed by atoms with Gasteiger partial charge in [0.25, 0.3) is 11.5 Å². The number of pyridine rings is 1. The molecule has 0 radical (unpaired) electrons. The lowest BCUT2D eigenvalue weighted by Gasteiger charge is -2.33. The summed E-state index contributed by atoms with van der Waals surface area (Å²) in [7, 11) is 0. The number of nitrogens with zero attached hydrogens (tertiary/aromatic N) is 6. The largest absolute Gasteiger partial charge is 0.450 e. The van der Waals surface area contributed by atoms with E-state index >= 15 is 0 Å². The second-order valence-electron chi connectivity index (χ2n) is 9.56. The van der Waals surface area contributed by atoms with Gasteiger partial charge in [-0.05, 0) is 45.2 Å². The van der Waals surface area contributed by atoms with Crippen molar-refractivity contribution in [2.45, 2.75) is 73.4 Å². The zero-order valence-corrected chi connectivity index (χ0v) is 23.7. The monoisotopic (exact) mass is 540 g/mol. The van der Waals surface area contributed by atoms with Gasteiger partial charge < -0.3 is 14.5 Å². The van der Waals surface area contributed by atoms with Crippen molar-refractivity contribution in [2.75, 3.05) is 32.8 Å². The number of aliphatic imine (C=N–C) groups is 1. The van der Waals surface area contributed by atoms with Crippen molar-refractivity contribution in [1.29, 1.82) is 0 Å². The predicted octanol–water partition coefficient (Wildman–Crippen LogP) is 3.37. The molecular formula is C28H40N6O5. The summed E-state index contributed by atoms with van der Waals surface area (Å²) < 4.78 is 7.92. The molecule has 0 unspecified atom stereocenters. The topological polar surface area (TPSA) is 119 Å². The Hall–Kier alpha value is -3.76. The van der Waals surface area contributed by atoms with Crippen molar-refractivity contribution in [3.63, 3.8) is 0 Å². The minimum Gasteiger partial charge on any atom is -0.450 e. The van der Waals surface area contributed by atoms with Crippen molar-refractivity contribution in [1.82, 2.24) is 23.9 Å². The lowest BCUT2D eigenvalue weighted by atomic mass is 10.1. The van der Waals surface area contributed by atoms with E-state index in [0.29, 0.717) is 81.5 Å². The highest BCUT2D eigenvalue weighted by Gasteiger charge is 2.26. The molecule has 2 aromatic heterocycles. The first-order valence-corrected chi connectivity index (χ1v) is 13.9. The van der Waals surface area contributed by atoms with Crippen LogP contribution in [0.15, 0.2) is 32.9 Å². The lowest BCUT2D eigenvalue weighted by Crippen LogP contribution is -2.50. The standard InChI is InChI=1S/C28H40N6O5/c1-6-10-22(30-24-20(5)25(35)34(14-8-3)27(37)33(24)13-7-2)21-11-12-23(29-19-21)26(36)31-15-17-32(18-16-31)28(38)39-9-4/h11-12,19H,6-10,13-18H2,1-5H3/b30-22+. The summed E-state index contributed by atoms with van der Waals surface area (Å²) in [4.78, 5) is 63.7. The van der Waals surface area contributed by atoms with Gasteiger partial charge in [0.05, 0.1) is 17.9 Å². The third-order valence-corrected chi connectivity index (χ3v) is 6.65. The average Bonchev–Trinajstić information content (AvgIpc) is 2.95. The Morgan fingerprint density at radius 1 is 0.923 bits per heavy atom. The summed E-state index contributed by atoms with van der Waals surface area (Å²) in [5, 5.41) is 0. The Labute approximate surface area is 229 Å². The number of hydrogen-bond donors (Lipinski definition) is 0. The molecule has 1 aliphatic rings. The van der Waals surface area contributed by atoms with E-state index in [-0.39, 0.29) is 23.2 Å². The van der Waals surface area contributed by atoms with Crippen LogP contribution in [0.5, 0.6) is 0 Å². The van der Waals surface area contributed by atoms with Crippen LogP contribution in [0, 0.1) is 6.92 Å². The fraction of sp³-hybridized carbons (Fsp3) is 0.571. The number of rotatable bonds is 10. The Morgan fingerprint density at radius 3 is 2.13 bits per heavy atom. The maximum atomic E-state index is 13.2. The van der Waals surface area contributed by atoms with E-state index in [1.807, 2.05) is 20.8 Å². The molecule has 2 amide bonds. The van der Waals surface area contributed by atoms with Gasteiger partial charge in [-0.1, -0.05) is 27.2 Å². The fourth-order valence-corrected chi connectivity index (χ4v) is 4.60. The van der Waals surface area contributed by atoms with Crippen LogP contribution in [0.25, 0.3) is 0 Å². The summed E-state index contributed by atoms with van der Waals surface area (Å²) in [6.45, 7) is 12.2. The van der Waals surface area contributed by atoms with E-state index < -0.39 is 0 Å². The molecule has 1 saturated heterocycles. The predicted molar refractivity (Wildman–Crippen MR) is 150 cm³/mol. The van der Waals surface area contributed by atoms with E-state index in [2.05, 4.69) is 4.98 Å². The van der Waals surface area contributed by atoms with Gasteiger partial charge in [0.15, 0.2) is 0 Å². The third-order valence-electron chi connectivity index (χ3n) is 6.65. The molecule has 3 rings (SSSR count). The highest BCUT2D eigenvalue weighted by molar-refractivity contribution is 6.02. The van der Waals surface area contributed by atoms with E-state index in [9.17, 15) is 19.2 Å². The van der Waals surface area contributed by atoms with Crippen LogP contribution in [-0.4, -0.2) is 74.4 Å². The number of carbonyl (C=O) groups is 2. The molecule has 3 heterocycles. The van der Waals surface area contributed by atoms with Gasteiger partial charge in [0.1, 0.15) is 11.5 Å². The molecule has 0 N–H and O–H groups in total. The maximum Gasteiger partial charge on any atom is 0.409 e. The summed E-state index contributed by atoms with van der Waals surface area (Å²) in [6.07, 6.45) is 4.07. The molecule has 212 valence electrons. The molecular weight excluding hydrogens is 500 g/mol. The zero-order valence-electron chi connectivity index (χ0n) is 23.7. The summed E-state index contributed by atoms with van der Waals surface area (Å²) in [5.41, 5.74) is 1.52. The molecule has 11 heteroatoms. The zero-order chi connectivity index (χ0) is 28.5. The molecule has 0 spiro atoms. The summed E-state index contributed by atoms with van der Waals surface area (Å²) in [5.74, 6) is 0.175. The molecule has 0 aromatic carbocycles. The van der Waals surface area contributed by atoms with Crippen molar-refractivity contribution >= 4 is 23.5 Å². The van der Waals surface area contributed by atoms with Crippen LogP contribution in [0.1, 0.15) is 75.0 Å². The SMILES string of the molecule is CCC/C(=N\c1c(C)c(=O)n(CCC)c(=O)n1CCC)c1ccc(C(=O)N2CCN(C(=O)OCC)CC2)nc1. The highest BCUT2D eigenvalue weighted by atomic mass is 16.6. The van der Waals surface area contributed by atoms with Gasteiger partial charge in [0, 0.05) is 51.0 Å². The van der Waals surface area contributed by atoms with E-state index in [1.165, 1.54) is 4.57 Å². The van der Waals surface area contributed by atoms with Crippen molar-refractivity contribution in [3.05, 3.63) is 56.0 Å². The third kappa shape index (κ3) is 6.82. The normalized spacial score (nSPS) is 14.0. The van der Waals surface area contributed by atoms with Crippen LogP contribution in [0.2, 0.25) is 0 Å². The quantitative estimate of drug-likeness (QED) is 0.426. The van der Waals surface area contributed by atoms with Gasteiger partial charge >= 0.3 is 11.8 Å². The first-order valence-electron chi connectivity index (χ1n) is 13.9. The number of carbonyl (C=O) groups excluding carboxylic acids is 2. The highest BCUT2D eigenvalue weighted by Crippen LogP contribution is 2.19. The molecule has 1 aliphatic heterocycles. The molecule has 2 aromatic rings. The van der Waals surface area contributed by atoms with E-state index in [4.69, 9.17) is 9.73 Å². The molecule has 11 nitrogen and oxygen atoms in total. The number of amides is 2. The molecule has 0 atom stereocenters. The van der Waals surface area contributed by atoms with Gasteiger partial charge in [-0.3, -0.25) is 23.7 Å². The average molecular weight is 541 g/mol. The van der Waals surface area contributed by atoms with Gasteiger partial charge in [-0.15, -0.1) is 0 Å². The number of piperazine rings is 1. The molecule has 1 fully saturated rings. The second kappa shape index (κ2) is 13.9. The first kappa shape index (κ1) is 29.8. The first-order chi connectivity index (χ1) is 18.8. The van der Waals surface area contributed by atoms with Crippen LogP contribution >= 0.6 is 0 Å². The van der Waals surface area contributed by atoms with E-state index in [1.54, 1.807) is 46.5 Å². The second-order valence-corrected chi connectivity index (χ2v) is 9.56. The Balaban J connectivity index is 1.89. The fourth-order valence-electron chi connectivity index (χ4n) is 4.60. The van der Waals surface area contributed by atoms with Gasteiger partial charge in [0.2, 0.25) is 0 Å². The molecule has 0 saturated carbocycles. The molecule has 39 heavy (non-hydrogen) atoms. The minimum absolute atomic E-state index is 0.203. The van der Waals surface area contributed by atoms with Crippen LogP contribution in [-0.2, 0) is 17.8 Å². The van der Waals surface area contributed by atoms with Crippen LogP contribution in [0.3, 0.4) is 0 Å². The Kier molecular flexibility index (Phi) is 10.6. The molecule has 0 bridgehead atoms. The van der Waals surface area contributed by atoms with Crippen molar-refractivity contribution < 1.29 is 14.3 Å². The van der Waals surface area contributed by atoms with Gasteiger partial charge in [-0.2, -0.15) is 0 Å². The van der Waals surface area contributed by atoms with Gasteiger partial charge in [-0.25, -0.2) is 14.6 Å². The Bertz CT molecular complexity index is 1300. The summed E-state index contributed by atoms with van der Waals surface area (Å²) >= 11 is 0. The number of ether oxygens (including phenoxy) is 1. The minimum atomic E-state index is -0.364. The number of aromatic nitrogens is 3. The maximum absolute atomic E-state index is 13.2. The smallest absolute Gasteiger partial charge is 0.409 e. The van der Waals surface area contributed by atoms with Crippen LogP contribution in [0.4, 0.5) is 10.6 Å². The summed E-state index contributed by atoms with van der Waals surface area (Å²) in [6, 6.07) is 3.48. The van der Waals surface area contributed by atoms with Crippen molar-refractivity contribution in [3.8, 4) is 0 Å². The number of hydrogen-bond acceptors (Lipinski definition) is 7. The van der Waals surface area contributed by atoms with E-state index in [0.717, 1.165) is 18.4 Å². The van der Waals surface area contributed by atoms with Crippen LogP contribution < -0.4 is 11.2 Å².